The summed E-state index contributed by atoms with van der Waals surface area (Å²) in [4.78, 5) is 59.9. The maximum absolute atomic E-state index is 12.3. The number of alkyl carbamates (subject to hydrolysis) is 1. The minimum Gasteiger partial charge on any atom is -0.453 e. The number of likely N-dealkylation sites (tertiary alicyclic amines) is 1. The third-order valence-electron chi connectivity index (χ3n) is 4.23. The lowest BCUT2D eigenvalue weighted by Crippen LogP contribution is -2.40. The maximum Gasteiger partial charge on any atom is 0.413 e. The molecule has 2 rings (SSSR count). The van der Waals surface area contributed by atoms with Crippen LogP contribution in [0.25, 0.3) is 0 Å². The number of nitrogens with one attached hydrogen (secondary N) is 1. The van der Waals surface area contributed by atoms with E-state index in [1.54, 1.807) is 0 Å². The molecule has 1 aliphatic heterocycles. The SMILES string of the molecule is COC(=O)NC(=O)[C@@H](C)OC(=O)CCN1C(=O)[C@H]2CC=CC[C@H]2C1=O. The summed E-state index contributed by atoms with van der Waals surface area (Å²) in [5, 5.41) is 1.88. The normalized spacial score (nSPS) is 23.0. The van der Waals surface area contributed by atoms with Gasteiger partial charge in [-0.3, -0.25) is 29.4 Å². The minimum absolute atomic E-state index is 0.0885. The molecule has 0 aromatic heterocycles. The Morgan fingerprint density at radius 3 is 2.28 bits per heavy atom. The summed E-state index contributed by atoms with van der Waals surface area (Å²) in [6.45, 7) is 1.21. The lowest BCUT2D eigenvalue weighted by Gasteiger charge is -2.16. The van der Waals surface area contributed by atoms with Gasteiger partial charge in [-0.15, -0.1) is 0 Å². The number of imide groups is 2. The molecule has 1 N–H and O–H groups in total. The number of hydrogen-bond donors (Lipinski definition) is 1. The van der Waals surface area contributed by atoms with Gasteiger partial charge in [-0.05, 0) is 19.8 Å². The number of rotatable bonds is 5. The Bertz CT molecular complexity index is 602. The van der Waals surface area contributed by atoms with Gasteiger partial charge in [0.15, 0.2) is 6.10 Å². The molecule has 0 aromatic rings. The van der Waals surface area contributed by atoms with Gasteiger partial charge < -0.3 is 9.47 Å². The van der Waals surface area contributed by atoms with Gasteiger partial charge in [0.2, 0.25) is 11.8 Å². The maximum atomic E-state index is 12.3. The second-order valence-electron chi connectivity index (χ2n) is 5.85. The summed E-state index contributed by atoms with van der Waals surface area (Å²) in [7, 11) is 1.09. The molecule has 25 heavy (non-hydrogen) atoms. The zero-order valence-corrected chi connectivity index (χ0v) is 14.0. The number of carbonyl (C=O) groups is 5. The Labute approximate surface area is 144 Å². The minimum atomic E-state index is -1.21. The molecule has 0 spiro atoms. The van der Waals surface area contributed by atoms with E-state index in [1.807, 2.05) is 17.5 Å². The van der Waals surface area contributed by atoms with Crippen molar-refractivity contribution < 1.29 is 33.4 Å². The molecule has 0 bridgehead atoms. The van der Waals surface area contributed by atoms with Crippen molar-refractivity contribution >= 4 is 29.8 Å². The summed E-state index contributed by atoms with van der Waals surface area (Å²) >= 11 is 0. The molecular formula is C16H20N2O7. The van der Waals surface area contributed by atoms with E-state index in [9.17, 15) is 24.0 Å². The van der Waals surface area contributed by atoms with E-state index >= 15 is 0 Å². The van der Waals surface area contributed by atoms with Crippen molar-refractivity contribution in [2.75, 3.05) is 13.7 Å². The summed E-state index contributed by atoms with van der Waals surface area (Å²) < 4.78 is 9.15. The smallest absolute Gasteiger partial charge is 0.413 e. The van der Waals surface area contributed by atoms with E-state index in [0.29, 0.717) is 12.8 Å². The fraction of sp³-hybridized carbons (Fsp3) is 0.562. The van der Waals surface area contributed by atoms with Crippen molar-refractivity contribution in [3.63, 3.8) is 0 Å². The predicted molar refractivity (Wildman–Crippen MR) is 82.8 cm³/mol. The molecule has 0 saturated carbocycles. The van der Waals surface area contributed by atoms with Crippen LogP contribution in [0.1, 0.15) is 26.2 Å². The molecule has 9 nitrogen and oxygen atoms in total. The number of fused-ring (bicyclic) bond motifs is 1. The van der Waals surface area contributed by atoms with E-state index in [0.717, 1.165) is 12.0 Å². The molecule has 2 aliphatic rings. The van der Waals surface area contributed by atoms with Crippen LogP contribution in [0.5, 0.6) is 0 Å². The number of esters is 1. The van der Waals surface area contributed by atoms with Gasteiger partial charge in [0, 0.05) is 6.54 Å². The third-order valence-corrected chi connectivity index (χ3v) is 4.23. The highest BCUT2D eigenvalue weighted by atomic mass is 16.6. The number of carbonyl (C=O) groups excluding carboxylic acids is 5. The van der Waals surface area contributed by atoms with E-state index < -0.39 is 24.1 Å². The first-order chi connectivity index (χ1) is 11.8. The number of amides is 4. The van der Waals surface area contributed by atoms with Crippen molar-refractivity contribution in [1.29, 1.82) is 0 Å². The van der Waals surface area contributed by atoms with Crippen molar-refractivity contribution in [3.05, 3.63) is 12.2 Å². The van der Waals surface area contributed by atoms with Crippen LogP contribution in [0, 0.1) is 11.8 Å². The molecule has 136 valence electrons. The molecule has 0 radical (unpaired) electrons. The lowest BCUT2D eigenvalue weighted by molar-refractivity contribution is -0.155. The highest BCUT2D eigenvalue weighted by Crippen LogP contribution is 2.34. The number of methoxy groups -OCH3 is 1. The van der Waals surface area contributed by atoms with Gasteiger partial charge in [-0.25, -0.2) is 4.79 Å². The van der Waals surface area contributed by atoms with Crippen LogP contribution in [-0.2, 0) is 28.7 Å². The monoisotopic (exact) mass is 352 g/mol. The average molecular weight is 352 g/mol. The standard InChI is InChI=1S/C16H20N2O7/c1-9(13(20)17-16(23)24-2)25-12(19)7-8-18-14(21)10-5-3-4-6-11(10)15(18)22/h3-4,9-11H,5-8H2,1-2H3,(H,17,20,23)/t9-,10-,11+/m1/s1. The molecule has 1 saturated heterocycles. The molecule has 9 heteroatoms. The van der Waals surface area contributed by atoms with Gasteiger partial charge in [0.1, 0.15) is 0 Å². The van der Waals surface area contributed by atoms with Crippen LogP contribution in [0.3, 0.4) is 0 Å². The van der Waals surface area contributed by atoms with Crippen LogP contribution < -0.4 is 5.32 Å². The zero-order valence-electron chi connectivity index (χ0n) is 14.0. The van der Waals surface area contributed by atoms with Crippen LogP contribution >= 0.6 is 0 Å². The Hall–Kier alpha value is -2.71. The summed E-state index contributed by atoms with van der Waals surface area (Å²) in [6, 6.07) is 0. The Morgan fingerprint density at radius 1 is 1.20 bits per heavy atom. The number of nitrogens with zero attached hydrogens (tertiary/aromatic N) is 1. The molecule has 0 unspecified atom stereocenters. The fourth-order valence-electron chi connectivity index (χ4n) is 2.86. The number of hydrogen-bond acceptors (Lipinski definition) is 7. The third kappa shape index (κ3) is 4.23. The van der Waals surface area contributed by atoms with Crippen molar-refractivity contribution in [2.24, 2.45) is 11.8 Å². The summed E-state index contributed by atoms with van der Waals surface area (Å²) in [6.07, 6.45) is 2.43. The second kappa shape index (κ2) is 7.91. The average Bonchev–Trinajstić information content (AvgIpc) is 2.84. The van der Waals surface area contributed by atoms with Gasteiger partial charge in [-0.1, -0.05) is 12.2 Å². The highest BCUT2D eigenvalue weighted by molar-refractivity contribution is 6.05. The molecule has 1 fully saturated rings. The molecule has 1 aliphatic carbocycles. The van der Waals surface area contributed by atoms with Gasteiger partial charge in [0.05, 0.1) is 25.4 Å². The van der Waals surface area contributed by atoms with Crippen LogP contribution in [0.15, 0.2) is 12.2 Å². The van der Waals surface area contributed by atoms with Gasteiger partial charge >= 0.3 is 12.1 Å². The first-order valence-corrected chi connectivity index (χ1v) is 7.93. The summed E-state index contributed by atoms with van der Waals surface area (Å²) in [5.41, 5.74) is 0. The lowest BCUT2D eigenvalue weighted by atomic mass is 9.85. The van der Waals surface area contributed by atoms with Crippen molar-refractivity contribution in [1.82, 2.24) is 10.2 Å². The molecule has 0 aromatic carbocycles. The van der Waals surface area contributed by atoms with E-state index in [2.05, 4.69) is 4.74 Å². The van der Waals surface area contributed by atoms with E-state index in [1.165, 1.54) is 6.92 Å². The van der Waals surface area contributed by atoms with Crippen LogP contribution in [-0.4, -0.2) is 54.4 Å². The zero-order chi connectivity index (χ0) is 18.6. The van der Waals surface area contributed by atoms with Gasteiger partial charge in [0.25, 0.3) is 5.91 Å². The molecular weight excluding hydrogens is 332 g/mol. The van der Waals surface area contributed by atoms with Crippen molar-refractivity contribution in [3.8, 4) is 0 Å². The highest BCUT2D eigenvalue weighted by Gasteiger charge is 2.47. The Morgan fingerprint density at radius 2 is 1.76 bits per heavy atom. The van der Waals surface area contributed by atoms with Crippen LogP contribution in [0.2, 0.25) is 0 Å². The van der Waals surface area contributed by atoms with Crippen molar-refractivity contribution in [2.45, 2.75) is 32.3 Å². The first kappa shape index (κ1) is 18.6. The molecule has 1 heterocycles. The Balaban J connectivity index is 1.82. The predicted octanol–water partition coefficient (Wildman–Crippen LogP) is 0.142. The largest absolute Gasteiger partial charge is 0.453 e. The number of ether oxygens (including phenoxy) is 2. The molecule has 3 atom stereocenters. The quantitative estimate of drug-likeness (QED) is 0.425. The second-order valence-corrected chi connectivity index (χ2v) is 5.85. The van der Waals surface area contributed by atoms with E-state index in [4.69, 9.17) is 4.74 Å². The Kier molecular flexibility index (Phi) is 5.89. The van der Waals surface area contributed by atoms with E-state index in [-0.39, 0.29) is 36.6 Å². The topological polar surface area (TPSA) is 119 Å². The molecule has 4 amide bonds. The van der Waals surface area contributed by atoms with Gasteiger partial charge in [-0.2, -0.15) is 0 Å². The first-order valence-electron chi connectivity index (χ1n) is 7.93. The summed E-state index contributed by atoms with van der Waals surface area (Å²) in [5.74, 6) is -2.82. The number of allylic oxidation sites excluding steroid dienone is 2. The fourth-order valence-corrected chi connectivity index (χ4v) is 2.86. The van der Waals surface area contributed by atoms with Crippen LogP contribution in [0.4, 0.5) is 4.79 Å².